The number of carbonyl (C=O) groups excluding carboxylic acids is 1. The highest BCUT2D eigenvalue weighted by atomic mass is 19.1. The molecule has 2 N–H and O–H groups in total. The SMILES string of the molecule is COCC(=O)Nc1cc2c(/C=C/c3ccc(F)cc3)n[nH]c2cc1F. The fourth-order valence-corrected chi connectivity index (χ4v) is 2.35. The van der Waals surface area contributed by atoms with Gasteiger partial charge >= 0.3 is 0 Å². The van der Waals surface area contributed by atoms with Gasteiger partial charge in [0.25, 0.3) is 0 Å². The number of anilines is 1. The number of H-pyrrole nitrogens is 1. The molecule has 0 aliphatic heterocycles. The number of hydrogen-bond acceptors (Lipinski definition) is 3. The zero-order valence-electron chi connectivity index (χ0n) is 13.3. The summed E-state index contributed by atoms with van der Waals surface area (Å²) in [4.78, 5) is 11.6. The summed E-state index contributed by atoms with van der Waals surface area (Å²) in [5.41, 5.74) is 1.92. The molecule has 0 saturated heterocycles. The van der Waals surface area contributed by atoms with E-state index in [0.717, 1.165) is 5.56 Å². The van der Waals surface area contributed by atoms with Gasteiger partial charge in [-0.15, -0.1) is 0 Å². The molecule has 0 bridgehead atoms. The Morgan fingerprint density at radius 1 is 1.24 bits per heavy atom. The molecule has 1 aromatic heterocycles. The maximum absolute atomic E-state index is 14.1. The summed E-state index contributed by atoms with van der Waals surface area (Å²) in [5.74, 6) is -1.34. The number of aromatic nitrogens is 2. The van der Waals surface area contributed by atoms with E-state index in [1.807, 2.05) is 0 Å². The van der Waals surface area contributed by atoms with E-state index in [1.165, 1.54) is 31.4 Å². The number of carbonyl (C=O) groups is 1. The molecule has 25 heavy (non-hydrogen) atoms. The second-order valence-corrected chi connectivity index (χ2v) is 5.35. The van der Waals surface area contributed by atoms with E-state index in [9.17, 15) is 13.6 Å². The van der Waals surface area contributed by atoms with E-state index in [0.29, 0.717) is 16.6 Å². The van der Waals surface area contributed by atoms with E-state index in [4.69, 9.17) is 4.74 Å². The van der Waals surface area contributed by atoms with Gasteiger partial charge in [-0.2, -0.15) is 5.10 Å². The Kier molecular flexibility index (Phi) is 4.85. The molecule has 0 fully saturated rings. The average Bonchev–Trinajstić information content (AvgIpc) is 2.97. The third-order valence-electron chi connectivity index (χ3n) is 3.53. The number of benzene rings is 2. The summed E-state index contributed by atoms with van der Waals surface area (Å²) in [6.45, 7) is -0.166. The van der Waals surface area contributed by atoms with Crippen LogP contribution in [-0.2, 0) is 9.53 Å². The zero-order chi connectivity index (χ0) is 17.8. The number of hydrogen-bond donors (Lipinski definition) is 2. The number of nitrogens with one attached hydrogen (secondary N) is 2. The fourth-order valence-electron chi connectivity index (χ4n) is 2.35. The van der Waals surface area contributed by atoms with Crippen molar-refractivity contribution >= 4 is 34.6 Å². The first kappa shape index (κ1) is 16.8. The van der Waals surface area contributed by atoms with Gasteiger partial charge in [-0.25, -0.2) is 8.78 Å². The Labute approximate surface area is 142 Å². The van der Waals surface area contributed by atoms with Crippen molar-refractivity contribution in [3.05, 3.63) is 59.3 Å². The number of ether oxygens (including phenoxy) is 1. The molecule has 0 spiro atoms. The highest BCUT2D eigenvalue weighted by molar-refractivity contribution is 5.97. The number of rotatable bonds is 5. The first-order chi connectivity index (χ1) is 12.1. The van der Waals surface area contributed by atoms with Crippen LogP contribution in [0.2, 0.25) is 0 Å². The maximum Gasteiger partial charge on any atom is 0.250 e. The Hall–Kier alpha value is -3.06. The molecule has 1 amide bonds. The van der Waals surface area contributed by atoms with Gasteiger partial charge in [0.15, 0.2) is 0 Å². The quantitative estimate of drug-likeness (QED) is 0.744. The van der Waals surface area contributed by atoms with Crippen LogP contribution in [0, 0.1) is 11.6 Å². The molecule has 0 radical (unpaired) electrons. The minimum atomic E-state index is -0.574. The average molecular weight is 343 g/mol. The van der Waals surface area contributed by atoms with Crippen LogP contribution >= 0.6 is 0 Å². The Bertz CT molecular complexity index is 933. The van der Waals surface area contributed by atoms with Crippen molar-refractivity contribution in [2.75, 3.05) is 19.0 Å². The van der Waals surface area contributed by atoms with Crippen molar-refractivity contribution in [1.29, 1.82) is 0 Å². The largest absolute Gasteiger partial charge is 0.375 e. The van der Waals surface area contributed by atoms with Crippen LogP contribution in [0.5, 0.6) is 0 Å². The van der Waals surface area contributed by atoms with Gasteiger partial charge in [0.1, 0.15) is 18.2 Å². The first-order valence-electron chi connectivity index (χ1n) is 7.47. The number of fused-ring (bicyclic) bond motifs is 1. The molecule has 3 rings (SSSR count). The molecule has 2 aromatic carbocycles. The minimum absolute atomic E-state index is 0.0485. The van der Waals surface area contributed by atoms with Gasteiger partial charge < -0.3 is 10.1 Å². The molecule has 0 saturated carbocycles. The number of aromatic amines is 1. The zero-order valence-corrected chi connectivity index (χ0v) is 13.3. The van der Waals surface area contributed by atoms with Crippen molar-refractivity contribution in [2.45, 2.75) is 0 Å². The highest BCUT2D eigenvalue weighted by Gasteiger charge is 2.12. The van der Waals surface area contributed by atoms with Crippen molar-refractivity contribution in [2.24, 2.45) is 0 Å². The van der Waals surface area contributed by atoms with Crippen molar-refractivity contribution in [1.82, 2.24) is 10.2 Å². The van der Waals surface area contributed by atoms with Gasteiger partial charge in [-0.3, -0.25) is 9.89 Å². The maximum atomic E-state index is 14.1. The van der Waals surface area contributed by atoms with Crippen molar-refractivity contribution < 1.29 is 18.3 Å². The van der Waals surface area contributed by atoms with E-state index >= 15 is 0 Å². The van der Waals surface area contributed by atoms with Crippen LogP contribution in [0.25, 0.3) is 23.1 Å². The molecule has 128 valence electrons. The standard InChI is InChI=1S/C18H15F2N3O2/c1-25-10-18(24)21-17-8-13-15(22-23-16(13)9-14(17)20)7-4-11-2-5-12(19)6-3-11/h2-9H,10H2,1H3,(H,21,24)(H,22,23)/b7-4+. The first-order valence-corrected chi connectivity index (χ1v) is 7.47. The second-order valence-electron chi connectivity index (χ2n) is 5.35. The lowest BCUT2D eigenvalue weighted by Gasteiger charge is -2.06. The van der Waals surface area contributed by atoms with Gasteiger partial charge in [-0.05, 0) is 29.8 Å². The Morgan fingerprint density at radius 3 is 2.72 bits per heavy atom. The van der Waals surface area contributed by atoms with Crippen LogP contribution in [0.4, 0.5) is 14.5 Å². The summed E-state index contributed by atoms with van der Waals surface area (Å²) < 4.78 is 31.7. The van der Waals surface area contributed by atoms with E-state index in [2.05, 4.69) is 15.5 Å². The normalized spacial score (nSPS) is 11.3. The molecule has 1 heterocycles. The van der Waals surface area contributed by atoms with Crippen molar-refractivity contribution in [3.8, 4) is 0 Å². The molecule has 0 aliphatic rings. The van der Waals surface area contributed by atoms with Gasteiger partial charge in [0, 0.05) is 18.6 Å². The molecule has 5 nitrogen and oxygen atoms in total. The smallest absolute Gasteiger partial charge is 0.250 e. The molecular weight excluding hydrogens is 328 g/mol. The molecule has 0 aliphatic carbocycles. The van der Waals surface area contributed by atoms with Crippen LogP contribution in [0.1, 0.15) is 11.3 Å². The Balaban J connectivity index is 1.91. The molecule has 7 heteroatoms. The van der Waals surface area contributed by atoms with Crippen LogP contribution in [0.3, 0.4) is 0 Å². The van der Waals surface area contributed by atoms with Gasteiger partial charge in [0.2, 0.25) is 5.91 Å². The monoisotopic (exact) mass is 343 g/mol. The number of amides is 1. The lowest BCUT2D eigenvalue weighted by atomic mass is 10.1. The number of halogens is 2. The van der Waals surface area contributed by atoms with Crippen LogP contribution in [-0.4, -0.2) is 29.8 Å². The van der Waals surface area contributed by atoms with Crippen LogP contribution < -0.4 is 5.32 Å². The lowest BCUT2D eigenvalue weighted by Crippen LogP contribution is -2.17. The molecular formula is C18H15F2N3O2. The third kappa shape index (κ3) is 3.89. The van der Waals surface area contributed by atoms with Crippen molar-refractivity contribution in [3.63, 3.8) is 0 Å². The predicted octanol–water partition coefficient (Wildman–Crippen LogP) is 3.60. The van der Waals surface area contributed by atoms with E-state index in [-0.39, 0.29) is 18.1 Å². The summed E-state index contributed by atoms with van der Waals surface area (Å²) in [5, 5.41) is 9.98. The van der Waals surface area contributed by atoms with Crippen LogP contribution in [0.15, 0.2) is 36.4 Å². The number of nitrogens with zero attached hydrogens (tertiary/aromatic N) is 1. The molecule has 3 aromatic rings. The predicted molar refractivity (Wildman–Crippen MR) is 91.9 cm³/mol. The topological polar surface area (TPSA) is 67.0 Å². The second kappa shape index (κ2) is 7.23. The summed E-state index contributed by atoms with van der Waals surface area (Å²) in [7, 11) is 1.38. The number of methoxy groups -OCH3 is 1. The molecule has 0 atom stereocenters. The lowest BCUT2D eigenvalue weighted by molar-refractivity contribution is -0.119. The fraction of sp³-hybridized carbons (Fsp3) is 0.111. The minimum Gasteiger partial charge on any atom is -0.375 e. The summed E-state index contributed by atoms with van der Waals surface area (Å²) in [6.07, 6.45) is 3.49. The highest BCUT2D eigenvalue weighted by Crippen LogP contribution is 2.25. The molecule has 0 unspecified atom stereocenters. The Morgan fingerprint density at radius 2 is 2.00 bits per heavy atom. The van der Waals surface area contributed by atoms with E-state index < -0.39 is 11.7 Å². The van der Waals surface area contributed by atoms with E-state index in [1.54, 1.807) is 24.3 Å². The van der Waals surface area contributed by atoms with Gasteiger partial charge in [0.05, 0.1) is 16.9 Å². The summed E-state index contributed by atoms with van der Waals surface area (Å²) >= 11 is 0. The van der Waals surface area contributed by atoms with Gasteiger partial charge in [-0.1, -0.05) is 18.2 Å². The third-order valence-corrected chi connectivity index (χ3v) is 3.53. The summed E-state index contributed by atoms with van der Waals surface area (Å²) in [6, 6.07) is 8.77.